The fourth-order valence-corrected chi connectivity index (χ4v) is 3.22. The van der Waals surface area contributed by atoms with Gasteiger partial charge in [0.05, 0.1) is 31.2 Å². The maximum Gasteiger partial charge on any atom is 0.368 e. The Labute approximate surface area is 184 Å². The van der Waals surface area contributed by atoms with E-state index in [0.29, 0.717) is 34.6 Å². The molecule has 0 saturated heterocycles. The highest BCUT2D eigenvalue weighted by atomic mass is 16.5. The van der Waals surface area contributed by atoms with Gasteiger partial charge in [-0.1, -0.05) is 18.2 Å². The van der Waals surface area contributed by atoms with E-state index in [4.69, 9.17) is 14.2 Å². The number of hydrogen-bond acceptors (Lipinski definition) is 8. The van der Waals surface area contributed by atoms with Gasteiger partial charge in [-0.2, -0.15) is 14.3 Å². The molecule has 1 aromatic carbocycles. The van der Waals surface area contributed by atoms with Crippen LogP contribution in [-0.4, -0.2) is 44.0 Å². The van der Waals surface area contributed by atoms with Crippen molar-refractivity contribution in [3.05, 3.63) is 70.1 Å². The number of ether oxygens (including phenoxy) is 3. The Morgan fingerprint density at radius 3 is 2.44 bits per heavy atom. The average molecular weight is 434 g/mol. The van der Waals surface area contributed by atoms with Gasteiger partial charge in [-0.05, 0) is 41.1 Å². The molecule has 3 aromatic heterocycles. The Kier molecular flexibility index (Phi) is 5.84. The van der Waals surface area contributed by atoms with Crippen LogP contribution in [-0.2, 0) is 13.7 Å². The van der Waals surface area contributed by atoms with Crippen LogP contribution in [0.15, 0.2) is 53.3 Å². The molecule has 0 aliphatic carbocycles. The maximum absolute atomic E-state index is 12.3. The monoisotopic (exact) mass is 434 g/mol. The first-order valence-electron chi connectivity index (χ1n) is 9.79. The lowest BCUT2D eigenvalue weighted by Gasteiger charge is -2.13. The van der Waals surface area contributed by atoms with E-state index in [1.54, 1.807) is 39.5 Å². The van der Waals surface area contributed by atoms with Gasteiger partial charge in [0.25, 0.3) is 0 Å². The second-order valence-corrected chi connectivity index (χ2v) is 6.93. The minimum absolute atomic E-state index is 0.194. The number of hydrogen-bond donors (Lipinski definition) is 0. The summed E-state index contributed by atoms with van der Waals surface area (Å²) in [6, 6.07) is 14.6. The molecule has 0 unspecified atom stereocenters. The van der Waals surface area contributed by atoms with Crippen molar-refractivity contribution in [1.82, 2.24) is 29.8 Å². The number of methoxy groups -OCH3 is 2. The summed E-state index contributed by atoms with van der Waals surface area (Å²) in [4.78, 5) is 21.2. The number of rotatable bonds is 7. The van der Waals surface area contributed by atoms with Crippen LogP contribution in [0.25, 0.3) is 16.9 Å². The minimum atomic E-state index is -0.337. The Bertz CT molecular complexity index is 1310. The second-order valence-electron chi connectivity index (χ2n) is 6.93. The van der Waals surface area contributed by atoms with E-state index in [0.717, 1.165) is 11.1 Å². The quantitative estimate of drug-likeness (QED) is 0.436. The van der Waals surface area contributed by atoms with Crippen molar-refractivity contribution in [3.63, 3.8) is 0 Å². The number of nitrogens with zero attached hydrogens (tertiary/aromatic N) is 6. The number of benzene rings is 1. The van der Waals surface area contributed by atoms with Gasteiger partial charge in [0, 0.05) is 24.7 Å². The summed E-state index contributed by atoms with van der Waals surface area (Å²) in [5.41, 5.74) is 3.39. The van der Waals surface area contributed by atoms with Gasteiger partial charge in [-0.25, -0.2) is 9.78 Å². The van der Waals surface area contributed by atoms with E-state index in [-0.39, 0.29) is 12.3 Å². The second kappa shape index (κ2) is 8.88. The van der Waals surface area contributed by atoms with E-state index in [2.05, 4.69) is 20.4 Å². The summed E-state index contributed by atoms with van der Waals surface area (Å²) in [6.45, 7) is 2.14. The van der Waals surface area contributed by atoms with Crippen LogP contribution in [0.2, 0.25) is 0 Å². The predicted molar refractivity (Wildman–Crippen MR) is 116 cm³/mol. The van der Waals surface area contributed by atoms with Gasteiger partial charge in [-0.3, -0.25) is 0 Å². The zero-order valence-electron chi connectivity index (χ0n) is 18.1. The lowest BCUT2D eigenvalue weighted by atomic mass is 10.1. The number of aromatic nitrogens is 6. The SMILES string of the molecule is COc1ccc(-c2cccc(OCc3c(C)cccc3-n3nnn(C)c3=O)n2)c(OC)n1. The molecule has 3 heterocycles. The molecular weight excluding hydrogens is 412 g/mol. The molecule has 0 aliphatic heterocycles. The maximum atomic E-state index is 12.3. The fourth-order valence-electron chi connectivity index (χ4n) is 3.22. The van der Waals surface area contributed by atoms with Crippen LogP contribution in [0, 0.1) is 6.92 Å². The van der Waals surface area contributed by atoms with Gasteiger partial charge >= 0.3 is 5.69 Å². The third-order valence-corrected chi connectivity index (χ3v) is 4.94. The van der Waals surface area contributed by atoms with E-state index >= 15 is 0 Å². The van der Waals surface area contributed by atoms with Crippen molar-refractivity contribution < 1.29 is 14.2 Å². The predicted octanol–water partition coefficient (Wildman–Crippen LogP) is 2.33. The summed E-state index contributed by atoms with van der Waals surface area (Å²) in [5, 5.41) is 7.74. The summed E-state index contributed by atoms with van der Waals surface area (Å²) < 4.78 is 19.0. The average Bonchev–Trinajstić information content (AvgIpc) is 3.15. The zero-order valence-corrected chi connectivity index (χ0v) is 18.1. The molecule has 0 spiro atoms. The van der Waals surface area contributed by atoms with Crippen molar-refractivity contribution in [2.24, 2.45) is 7.05 Å². The summed E-state index contributed by atoms with van der Waals surface area (Å²) in [7, 11) is 4.64. The van der Waals surface area contributed by atoms with Crippen LogP contribution in [0.4, 0.5) is 0 Å². The Hall–Kier alpha value is -4.21. The molecule has 0 fully saturated rings. The Balaban J connectivity index is 1.63. The third kappa shape index (κ3) is 4.02. The first-order chi connectivity index (χ1) is 15.5. The topological polar surface area (TPSA) is 106 Å². The van der Waals surface area contributed by atoms with Crippen LogP contribution in [0.5, 0.6) is 17.6 Å². The van der Waals surface area contributed by atoms with Gasteiger partial charge in [-0.15, -0.1) is 0 Å². The highest BCUT2D eigenvalue weighted by Gasteiger charge is 2.15. The molecule has 0 atom stereocenters. The highest BCUT2D eigenvalue weighted by molar-refractivity contribution is 5.66. The van der Waals surface area contributed by atoms with Crippen LogP contribution < -0.4 is 19.9 Å². The zero-order chi connectivity index (χ0) is 22.7. The van der Waals surface area contributed by atoms with E-state index in [9.17, 15) is 4.79 Å². The largest absolute Gasteiger partial charge is 0.481 e. The molecule has 0 radical (unpaired) electrons. The number of tetrazole rings is 1. The molecule has 4 rings (SSSR count). The van der Waals surface area contributed by atoms with E-state index in [1.165, 1.54) is 9.36 Å². The summed E-state index contributed by atoms with van der Waals surface area (Å²) >= 11 is 0. The molecule has 0 amide bonds. The smallest absolute Gasteiger partial charge is 0.368 e. The summed E-state index contributed by atoms with van der Waals surface area (Å²) in [6.07, 6.45) is 0. The standard InChI is InChI=1S/C22H22N6O4/c1-14-7-5-9-18(28-22(29)27(2)25-26-28)16(14)13-32-20-10-6-8-17(23-20)15-11-12-19(30-3)24-21(15)31-4/h5-12H,13H2,1-4H3. The van der Waals surface area contributed by atoms with Crippen molar-refractivity contribution in [2.75, 3.05) is 14.2 Å². The van der Waals surface area contributed by atoms with Crippen LogP contribution >= 0.6 is 0 Å². The molecule has 164 valence electrons. The van der Waals surface area contributed by atoms with Crippen molar-refractivity contribution >= 4 is 0 Å². The molecule has 0 N–H and O–H groups in total. The summed E-state index contributed by atoms with van der Waals surface area (Å²) in [5.74, 6) is 1.27. The molecular formula is C22H22N6O4. The number of pyridine rings is 2. The Morgan fingerprint density at radius 1 is 0.906 bits per heavy atom. The Morgan fingerprint density at radius 2 is 1.72 bits per heavy atom. The minimum Gasteiger partial charge on any atom is -0.481 e. The molecule has 0 bridgehead atoms. The van der Waals surface area contributed by atoms with Crippen LogP contribution in [0.3, 0.4) is 0 Å². The van der Waals surface area contributed by atoms with E-state index in [1.807, 2.05) is 37.3 Å². The molecule has 10 heteroatoms. The van der Waals surface area contributed by atoms with Crippen molar-refractivity contribution in [2.45, 2.75) is 13.5 Å². The molecule has 32 heavy (non-hydrogen) atoms. The normalized spacial score (nSPS) is 10.8. The fraction of sp³-hybridized carbons (Fsp3) is 0.227. The van der Waals surface area contributed by atoms with Crippen LogP contribution in [0.1, 0.15) is 11.1 Å². The van der Waals surface area contributed by atoms with Gasteiger partial charge in [0.15, 0.2) is 0 Å². The molecule has 0 aliphatic rings. The lowest BCUT2D eigenvalue weighted by molar-refractivity contribution is 0.293. The molecule has 0 saturated carbocycles. The molecule has 10 nitrogen and oxygen atoms in total. The van der Waals surface area contributed by atoms with E-state index < -0.39 is 0 Å². The van der Waals surface area contributed by atoms with Crippen molar-refractivity contribution in [1.29, 1.82) is 0 Å². The first-order valence-corrected chi connectivity index (χ1v) is 9.79. The lowest BCUT2D eigenvalue weighted by Crippen LogP contribution is -2.23. The molecule has 4 aromatic rings. The van der Waals surface area contributed by atoms with Gasteiger partial charge in [0.1, 0.15) is 6.61 Å². The van der Waals surface area contributed by atoms with Gasteiger partial charge in [0.2, 0.25) is 17.6 Å². The van der Waals surface area contributed by atoms with Gasteiger partial charge < -0.3 is 14.2 Å². The van der Waals surface area contributed by atoms with Crippen molar-refractivity contribution in [3.8, 4) is 34.6 Å². The highest BCUT2D eigenvalue weighted by Crippen LogP contribution is 2.30. The third-order valence-electron chi connectivity index (χ3n) is 4.94. The first kappa shape index (κ1) is 21.0. The number of aryl methyl sites for hydroxylation is 2.